The van der Waals surface area contributed by atoms with Crippen LogP contribution in [-0.2, 0) is 11.3 Å². The number of aromatic nitrogens is 4. The zero-order valence-electron chi connectivity index (χ0n) is 12.3. The molecular weight excluding hydrogens is 286 g/mol. The van der Waals surface area contributed by atoms with Crippen LogP contribution in [0.5, 0.6) is 0 Å². The van der Waals surface area contributed by atoms with Crippen molar-refractivity contribution in [3.63, 3.8) is 0 Å². The first-order chi connectivity index (χ1) is 10.5. The molecule has 8 nitrogen and oxygen atoms in total. The van der Waals surface area contributed by atoms with Crippen molar-refractivity contribution < 1.29 is 19.4 Å². The third kappa shape index (κ3) is 3.81. The molecule has 0 spiro atoms. The molecule has 2 rings (SSSR count). The van der Waals surface area contributed by atoms with Gasteiger partial charge in [-0.05, 0) is 5.10 Å². The molecule has 2 aromatic rings. The third-order valence-electron chi connectivity index (χ3n) is 2.89. The van der Waals surface area contributed by atoms with E-state index < -0.39 is 5.97 Å². The lowest BCUT2D eigenvalue weighted by atomic mass is 10.2. The Balaban J connectivity index is 2.11. The second-order valence-corrected chi connectivity index (χ2v) is 4.82. The van der Waals surface area contributed by atoms with Gasteiger partial charge in [0.1, 0.15) is 12.6 Å². The van der Waals surface area contributed by atoms with Gasteiger partial charge in [-0.1, -0.05) is 4.68 Å². The topological polar surface area (TPSA) is 100 Å². The number of carbonyl (C=O) groups excluding carboxylic acids is 1. The quantitative estimate of drug-likeness (QED) is 0.780. The summed E-state index contributed by atoms with van der Waals surface area (Å²) < 4.78 is 1.53. The van der Waals surface area contributed by atoms with Gasteiger partial charge in [-0.15, -0.1) is 0 Å². The summed E-state index contributed by atoms with van der Waals surface area (Å²) in [6, 6.07) is 1.75. The summed E-state index contributed by atoms with van der Waals surface area (Å²) in [5.41, 5.74) is 1.10. The number of aryl methyl sites for hydroxylation is 1. The maximum absolute atomic E-state index is 11.7. The minimum absolute atomic E-state index is 0.00879. The highest BCUT2D eigenvalue weighted by molar-refractivity contribution is 5.93. The molecule has 1 N–H and O–H groups in total. The lowest BCUT2D eigenvalue weighted by molar-refractivity contribution is -0.752. The summed E-state index contributed by atoms with van der Waals surface area (Å²) in [6.07, 6.45) is 6.17. The number of nitrogens with zero attached hydrogens (tertiary/aromatic N) is 5. The molecule has 0 aliphatic heterocycles. The van der Waals surface area contributed by atoms with Crippen molar-refractivity contribution in [1.29, 1.82) is 0 Å². The van der Waals surface area contributed by atoms with Crippen molar-refractivity contribution in [2.24, 2.45) is 0 Å². The summed E-state index contributed by atoms with van der Waals surface area (Å²) >= 11 is 0. The minimum Gasteiger partial charge on any atom is -0.481 e. The van der Waals surface area contributed by atoms with Crippen LogP contribution in [-0.4, -0.2) is 51.0 Å². The summed E-state index contributed by atoms with van der Waals surface area (Å²) in [4.78, 5) is 32.0. The molecule has 8 heteroatoms. The van der Waals surface area contributed by atoms with Gasteiger partial charge in [-0.25, -0.2) is 9.97 Å². The van der Waals surface area contributed by atoms with Crippen LogP contribution in [0.4, 0.5) is 0 Å². The van der Waals surface area contributed by atoms with E-state index in [-0.39, 0.29) is 12.3 Å². The van der Waals surface area contributed by atoms with E-state index in [1.54, 1.807) is 32.6 Å². The minimum atomic E-state index is -0.872. The molecular formula is C14H16N5O3+. The van der Waals surface area contributed by atoms with Crippen LogP contribution in [0.3, 0.4) is 0 Å². The predicted molar refractivity (Wildman–Crippen MR) is 75.7 cm³/mol. The Kier molecular flexibility index (Phi) is 4.72. The lowest BCUT2D eigenvalue weighted by Gasteiger charge is -2.09. The zero-order valence-corrected chi connectivity index (χ0v) is 12.3. The maximum Gasteiger partial charge on any atom is 0.309 e. The van der Waals surface area contributed by atoms with Crippen molar-refractivity contribution >= 4 is 11.9 Å². The highest BCUT2D eigenvalue weighted by atomic mass is 16.4. The Morgan fingerprint density at radius 1 is 1.23 bits per heavy atom. The average molecular weight is 302 g/mol. The monoisotopic (exact) mass is 302 g/mol. The van der Waals surface area contributed by atoms with Crippen molar-refractivity contribution in [3.8, 4) is 11.4 Å². The Morgan fingerprint density at radius 3 is 2.41 bits per heavy atom. The molecule has 2 heterocycles. The Labute approximate surface area is 127 Å². The summed E-state index contributed by atoms with van der Waals surface area (Å²) in [5.74, 6) is -0.583. The summed E-state index contributed by atoms with van der Waals surface area (Å²) in [5, 5.41) is 12.7. The first-order valence-electron chi connectivity index (χ1n) is 6.59. The van der Waals surface area contributed by atoms with Gasteiger partial charge in [0.25, 0.3) is 5.91 Å². The van der Waals surface area contributed by atoms with E-state index in [1.165, 1.54) is 22.0 Å². The molecule has 0 aliphatic rings. The number of carbonyl (C=O) groups is 2. The van der Waals surface area contributed by atoms with Crippen LogP contribution in [0, 0.1) is 0 Å². The van der Waals surface area contributed by atoms with Gasteiger partial charge in [-0.2, -0.15) is 0 Å². The van der Waals surface area contributed by atoms with E-state index in [1.807, 2.05) is 0 Å². The van der Waals surface area contributed by atoms with Crippen molar-refractivity contribution in [2.75, 3.05) is 14.1 Å². The maximum atomic E-state index is 11.7. The van der Waals surface area contributed by atoms with Gasteiger partial charge < -0.3 is 10.0 Å². The molecule has 2 aromatic heterocycles. The average Bonchev–Trinajstić information content (AvgIpc) is 2.53. The van der Waals surface area contributed by atoms with Crippen molar-refractivity contribution in [3.05, 3.63) is 36.4 Å². The molecule has 0 unspecified atom stereocenters. The molecule has 0 bridgehead atoms. The molecule has 1 amide bonds. The van der Waals surface area contributed by atoms with E-state index >= 15 is 0 Å². The molecule has 0 atom stereocenters. The van der Waals surface area contributed by atoms with Crippen LogP contribution in [0.2, 0.25) is 0 Å². The Bertz CT molecular complexity index is 668. The fourth-order valence-corrected chi connectivity index (χ4v) is 1.70. The molecule has 0 saturated carbocycles. The van der Waals surface area contributed by atoms with Gasteiger partial charge in [-0.3, -0.25) is 9.59 Å². The second kappa shape index (κ2) is 6.70. The number of amides is 1. The van der Waals surface area contributed by atoms with E-state index in [9.17, 15) is 9.59 Å². The number of hydrogen-bond acceptors (Lipinski definition) is 5. The normalized spacial score (nSPS) is 10.3. The highest BCUT2D eigenvalue weighted by Crippen LogP contribution is 2.11. The van der Waals surface area contributed by atoms with Crippen LogP contribution in [0.15, 0.2) is 30.9 Å². The number of carboxylic acids is 1. The zero-order chi connectivity index (χ0) is 16.1. The smallest absolute Gasteiger partial charge is 0.309 e. The summed E-state index contributed by atoms with van der Waals surface area (Å²) in [7, 11) is 3.32. The fraction of sp³-hybridized carbons (Fsp3) is 0.286. The van der Waals surface area contributed by atoms with Crippen LogP contribution in [0.1, 0.15) is 16.8 Å². The third-order valence-corrected chi connectivity index (χ3v) is 2.89. The van der Waals surface area contributed by atoms with E-state index in [0.717, 1.165) is 0 Å². The van der Waals surface area contributed by atoms with Crippen molar-refractivity contribution in [2.45, 2.75) is 13.0 Å². The standard InChI is InChI=1S/C14H15N5O3/c1-18(2)14(22)11-7-15-13(16-8-11)10-3-5-19(17-9-10)6-4-12(20)21/h3,5,7-9H,4,6H2,1-2H3/p+1. The second-order valence-electron chi connectivity index (χ2n) is 4.82. The highest BCUT2D eigenvalue weighted by Gasteiger charge is 2.11. The number of aliphatic carboxylic acids is 1. The first kappa shape index (κ1) is 15.5. The summed E-state index contributed by atoms with van der Waals surface area (Å²) in [6.45, 7) is 0.298. The van der Waals surface area contributed by atoms with E-state index in [0.29, 0.717) is 23.5 Å². The largest absolute Gasteiger partial charge is 0.481 e. The number of hydrogen-bond donors (Lipinski definition) is 1. The van der Waals surface area contributed by atoms with Gasteiger partial charge in [0.05, 0.1) is 5.56 Å². The van der Waals surface area contributed by atoms with Crippen LogP contribution < -0.4 is 4.68 Å². The predicted octanol–water partition coefficient (Wildman–Crippen LogP) is 0.00260. The van der Waals surface area contributed by atoms with Gasteiger partial charge >= 0.3 is 5.97 Å². The number of carboxylic acid groups (broad SMARTS) is 1. The molecule has 0 saturated heterocycles. The van der Waals surface area contributed by atoms with Crippen LogP contribution >= 0.6 is 0 Å². The lowest BCUT2D eigenvalue weighted by Crippen LogP contribution is -2.38. The fourth-order valence-electron chi connectivity index (χ4n) is 1.70. The van der Waals surface area contributed by atoms with E-state index in [4.69, 9.17) is 5.11 Å². The van der Waals surface area contributed by atoms with Crippen molar-refractivity contribution in [1.82, 2.24) is 20.0 Å². The molecule has 0 fully saturated rings. The Hall–Kier alpha value is -2.90. The van der Waals surface area contributed by atoms with Gasteiger partial charge in [0.2, 0.25) is 0 Å². The molecule has 22 heavy (non-hydrogen) atoms. The van der Waals surface area contributed by atoms with Gasteiger partial charge in [0.15, 0.2) is 18.6 Å². The SMILES string of the molecule is CN(C)C(=O)c1cnc(-c2cc[n+](CCC(=O)O)nc2)nc1. The Morgan fingerprint density at radius 2 is 1.91 bits per heavy atom. The molecule has 0 aromatic carbocycles. The number of rotatable bonds is 5. The molecule has 114 valence electrons. The van der Waals surface area contributed by atoms with E-state index in [2.05, 4.69) is 15.1 Å². The first-order valence-corrected chi connectivity index (χ1v) is 6.59. The molecule has 0 radical (unpaired) electrons. The van der Waals surface area contributed by atoms with Crippen LogP contribution in [0.25, 0.3) is 11.4 Å². The van der Waals surface area contributed by atoms with Gasteiger partial charge in [0, 0.05) is 38.1 Å². The molecule has 0 aliphatic carbocycles.